The molecule has 1 heterocycles. The Hall–Kier alpha value is -0.580. The zero-order valence-corrected chi connectivity index (χ0v) is 12.7. The first-order valence-corrected chi connectivity index (χ1v) is 6.77. The van der Waals surface area contributed by atoms with Gasteiger partial charge in [0.25, 0.3) is 0 Å². The average molecular weight is 360 g/mol. The maximum atomic E-state index is 10.2. The Morgan fingerprint density at radius 2 is 1.65 bits per heavy atom. The number of benzene rings is 1. The van der Waals surface area contributed by atoms with Crippen molar-refractivity contribution >= 4 is 31.9 Å². The summed E-state index contributed by atoms with van der Waals surface area (Å²) in [4.78, 5) is 0. The monoisotopic (exact) mass is 358 g/mol. The van der Waals surface area contributed by atoms with Gasteiger partial charge < -0.3 is 9.52 Å². The lowest BCUT2D eigenvalue weighted by molar-refractivity contribution is 0.187. The molecule has 0 aliphatic rings. The van der Waals surface area contributed by atoms with Gasteiger partial charge in [-0.1, -0.05) is 29.3 Å². The van der Waals surface area contributed by atoms with Crippen molar-refractivity contribution in [2.24, 2.45) is 0 Å². The second kappa shape index (κ2) is 4.96. The molecule has 0 aliphatic heterocycles. The van der Waals surface area contributed by atoms with E-state index in [1.54, 1.807) is 6.07 Å². The zero-order chi connectivity index (χ0) is 12.6. The fourth-order valence-corrected chi connectivity index (χ4v) is 2.44. The fraction of sp³-hybridized carbons (Fsp3) is 0.231. The lowest BCUT2D eigenvalue weighted by Crippen LogP contribution is -1.99. The van der Waals surface area contributed by atoms with Crippen LogP contribution in [0.15, 0.2) is 37.8 Å². The third kappa shape index (κ3) is 2.81. The molecule has 2 aromatic rings. The van der Waals surface area contributed by atoms with E-state index in [1.165, 1.54) is 0 Å². The van der Waals surface area contributed by atoms with E-state index < -0.39 is 6.10 Å². The molecule has 2 nitrogen and oxygen atoms in total. The normalized spacial score (nSPS) is 12.8. The summed E-state index contributed by atoms with van der Waals surface area (Å²) in [6, 6.07) is 7.76. The lowest BCUT2D eigenvalue weighted by atomic mass is 10.0. The molecule has 1 aromatic heterocycles. The van der Waals surface area contributed by atoms with Crippen molar-refractivity contribution < 1.29 is 9.52 Å². The van der Waals surface area contributed by atoms with Gasteiger partial charge in [0.1, 0.15) is 11.9 Å². The lowest BCUT2D eigenvalue weighted by Gasteiger charge is -2.10. The van der Waals surface area contributed by atoms with Crippen LogP contribution in [-0.4, -0.2) is 5.11 Å². The molecule has 0 fully saturated rings. The number of hydrogen-bond acceptors (Lipinski definition) is 2. The first-order valence-electron chi connectivity index (χ1n) is 5.18. The molecule has 1 N–H and O–H groups in total. The Morgan fingerprint density at radius 1 is 1.06 bits per heavy atom. The molecule has 0 saturated carbocycles. The van der Waals surface area contributed by atoms with Gasteiger partial charge in [-0.05, 0) is 57.3 Å². The van der Waals surface area contributed by atoms with Crippen LogP contribution in [0, 0.1) is 13.8 Å². The van der Waals surface area contributed by atoms with Gasteiger partial charge >= 0.3 is 0 Å². The molecule has 90 valence electrons. The van der Waals surface area contributed by atoms with Crippen LogP contribution in [0.3, 0.4) is 0 Å². The highest BCUT2D eigenvalue weighted by atomic mass is 79.9. The number of rotatable bonds is 2. The zero-order valence-electron chi connectivity index (χ0n) is 9.50. The van der Waals surface area contributed by atoms with Gasteiger partial charge in [0, 0.05) is 0 Å². The van der Waals surface area contributed by atoms with Gasteiger partial charge in [-0.25, -0.2) is 0 Å². The van der Waals surface area contributed by atoms with Crippen molar-refractivity contribution in [3.05, 3.63) is 55.9 Å². The van der Waals surface area contributed by atoms with Gasteiger partial charge in [-0.2, -0.15) is 0 Å². The van der Waals surface area contributed by atoms with E-state index in [0.29, 0.717) is 10.4 Å². The molecular formula is C13H12Br2O2. The van der Waals surface area contributed by atoms with E-state index in [1.807, 2.05) is 26.0 Å². The van der Waals surface area contributed by atoms with Crippen LogP contribution in [0.1, 0.15) is 28.6 Å². The summed E-state index contributed by atoms with van der Waals surface area (Å²) >= 11 is 6.60. The molecule has 2 rings (SSSR count). The van der Waals surface area contributed by atoms with Crippen LogP contribution in [0.25, 0.3) is 0 Å². The summed E-state index contributed by atoms with van der Waals surface area (Å²) in [5, 5.41) is 10.2. The predicted octanol–water partition coefficient (Wildman–Crippen LogP) is 4.50. The summed E-state index contributed by atoms with van der Waals surface area (Å²) < 4.78 is 6.83. The van der Waals surface area contributed by atoms with Crippen LogP contribution >= 0.6 is 31.9 Å². The minimum atomic E-state index is -0.740. The molecule has 0 spiro atoms. The number of aliphatic hydroxyl groups excluding tert-OH is 1. The number of hydrogen-bond donors (Lipinski definition) is 1. The minimum absolute atomic E-state index is 0.522. The van der Waals surface area contributed by atoms with Gasteiger partial charge in [0.2, 0.25) is 0 Å². The Bertz CT molecular complexity index is 507. The van der Waals surface area contributed by atoms with Crippen molar-refractivity contribution in [3.63, 3.8) is 0 Å². The van der Waals surface area contributed by atoms with Gasteiger partial charge in [0.05, 0.1) is 4.47 Å². The summed E-state index contributed by atoms with van der Waals surface area (Å²) in [7, 11) is 0. The molecule has 4 heteroatoms. The molecule has 0 saturated heterocycles. The van der Waals surface area contributed by atoms with Gasteiger partial charge in [-0.3, -0.25) is 0 Å². The van der Waals surface area contributed by atoms with Crippen molar-refractivity contribution in [2.75, 3.05) is 0 Å². The topological polar surface area (TPSA) is 33.4 Å². The smallest absolute Gasteiger partial charge is 0.183 e. The number of aryl methyl sites for hydroxylation is 2. The standard InChI is InChI=1S/C13H12Br2O2/c1-7-3-8(2)5-9(4-7)12(16)11-6-10(14)13(15)17-11/h3-6,12,16H,1-2H3. The SMILES string of the molecule is Cc1cc(C)cc(C(O)c2cc(Br)c(Br)o2)c1. The molecule has 17 heavy (non-hydrogen) atoms. The minimum Gasteiger partial charge on any atom is -0.450 e. The summed E-state index contributed by atoms with van der Waals surface area (Å²) in [5.74, 6) is 0.522. The van der Waals surface area contributed by atoms with E-state index in [4.69, 9.17) is 4.42 Å². The van der Waals surface area contributed by atoms with Gasteiger partial charge in [0.15, 0.2) is 4.67 Å². The molecule has 0 amide bonds. The van der Waals surface area contributed by atoms with E-state index in [0.717, 1.165) is 21.2 Å². The number of furan rings is 1. The molecule has 0 aliphatic carbocycles. The number of halogens is 2. The van der Waals surface area contributed by atoms with E-state index in [-0.39, 0.29) is 0 Å². The maximum Gasteiger partial charge on any atom is 0.183 e. The predicted molar refractivity (Wildman–Crippen MR) is 74.1 cm³/mol. The quantitative estimate of drug-likeness (QED) is 0.856. The molecular weight excluding hydrogens is 348 g/mol. The fourth-order valence-electron chi connectivity index (χ4n) is 1.83. The first kappa shape index (κ1) is 12.9. The van der Waals surface area contributed by atoms with Crippen molar-refractivity contribution in [3.8, 4) is 0 Å². The summed E-state index contributed by atoms with van der Waals surface area (Å²) in [5.41, 5.74) is 3.10. The Balaban J connectivity index is 2.39. The van der Waals surface area contributed by atoms with Crippen LogP contribution in [0.4, 0.5) is 0 Å². The van der Waals surface area contributed by atoms with Crippen LogP contribution in [-0.2, 0) is 0 Å². The Kier molecular flexibility index (Phi) is 3.76. The van der Waals surface area contributed by atoms with E-state index in [2.05, 4.69) is 37.9 Å². The second-order valence-electron chi connectivity index (χ2n) is 4.09. The van der Waals surface area contributed by atoms with Crippen molar-refractivity contribution in [1.29, 1.82) is 0 Å². The molecule has 1 unspecified atom stereocenters. The molecule has 0 radical (unpaired) electrons. The van der Waals surface area contributed by atoms with Crippen LogP contribution in [0.2, 0.25) is 0 Å². The average Bonchev–Trinajstić information content (AvgIpc) is 2.57. The van der Waals surface area contributed by atoms with Crippen LogP contribution in [0.5, 0.6) is 0 Å². The van der Waals surface area contributed by atoms with Crippen molar-refractivity contribution in [1.82, 2.24) is 0 Å². The maximum absolute atomic E-state index is 10.2. The largest absolute Gasteiger partial charge is 0.450 e. The third-order valence-corrected chi connectivity index (χ3v) is 4.20. The first-order chi connectivity index (χ1) is 7.97. The van der Waals surface area contributed by atoms with Crippen LogP contribution < -0.4 is 0 Å². The summed E-state index contributed by atoms with van der Waals surface area (Å²) in [6.45, 7) is 4.02. The van der Waals surface area contributed by atoms with E-state index in [9.17, 15) is 5.11 Å². The highest BCUT2D eigenvalue weighted by Crippen LogP contribution is 2.32. The van der Waals surface area contributed by atoms with Gasteiger partial charge in [-0.15, -0.1) is 0 Å². The van der Waals surface area contributed by atoms with Crippen molar-refractivity contribution in [2.45, 2.75) is 20.0 Å². The molecule has 1 aromatic carbocycles. The van der Waals surface area contributed by atoms with E-state index >= 15 is 0 Å². The Labute approximate surface area is 117 Å². The highest BCUT2D eigenvalue weighted by Gasteiger charge is 2.17. The molecule has 1 atom stereocenters. The molecule has 0 bridgehead atoms. The number of aliphatic hydroxyl groups is 1. The third-order valence-electron chi connectivity index (χ3n) is 2.49. The summed E-state index contributed by atoms with van der Waals surface area (Å²) in [6.07, 6.45) is -0.740. The second-order valence-corrected chi connectivity index (χ2v) is 5.67. The Morgan fingerprint density at radius 3 is 2.12 bits per heavy atom. The highest BCUT2D eigenvalue weighted by molar-refractivity contribution is 9.13.